The van der Waals surface area contributed by atoms with Crippen molar-refractivity contribution in [1.82, 2.24) is 9.80 Å². The maximum atomic E-state index is 13.6. The molecule has 196 valence electrons. The summed E-state index contributed by atoms with van der Waals surface area (Å²) in [4.78, 5) is 30.1. The molecule has 2 aromatic carbocycles. The molecule has 2 aliphatic heterocycles. The fourth-order valence-electron chi connectivity index (χ4n) is 5.05. The summed E-state index contributed by atoms with van der Waals surface area (Å²) in [6.07, 6.45) is 5.86. The number of nitrogens with two attached hydrogens (primary N) is 1. The van der Waals surface area contributed by atoms with E-state index in [1.165, 1.54) is 0 Å². The molecule has 1 saturated heterocycles. The number of likely N-dealkylation sites (tertiary alicyclic amines) is 1. The highest BCUT2D eigenvalue weighted by atomic mass is 16.2. The van der Waals surface area contributed by atoms with Crippen molar-refractivity contribution in [3.05, 3.63) is 59.2 Å². The van der Waals surface area contributed by atoms with Crippen molar-refractivity contribution in [1.29, 1.82) is 0 Å². The van der Waals surface area contributed by atoms with Crippen LogP contribution in [0.4, 0.5) is 5.69 Å². The lowest BCUT2D eigenvalue weighted by Crippen LogP contribution is -2.40. The number of nitrogens with one attached hydrogen (secondary N) is 1. The summed E-state index contributed by atoms with van der Waals surface area (Å²) in [5, 5.41) is 11.1. The van der Waals surface area contributed by atoms with Crippen molar-refractivity contribution in [2.75, 3.05) is 25.0 Å². The van der Waals surface area contributed by atoms with Gasteiger partial charge in [0, 0.05) is 48.9 Å². The number of benzene rings is 2. The third kappa shape index (κ3) is 6.01. The topological polar surface area (TPSA) is 103 Å². The van der Waals surface area contributed by atoms with E-state index in [4.69, 9.17) is 5.84 Å². The van der Waals surface area contributed by atoms with Gasteiger partial charge in [-0.2, -0.15) is 0 Å². The molecule has 4 rings (SSSR count). The molecule has 0 aliphatic carbocycles. The van der Waals surface area contributed by atoms with Gasteiger partial charge in [-0.25, -0.2) is 0 Å². The number of amides is 2. The Morgan fingerprint density at radius 3 is 2.46 bits per heavy atom. The van der Waals surface area contributed by atoms with Crippen LogP contribution in [-0.2, 0) is 4.79 Å². The Morgan fingerprint density at radius 2 is 1.81 bits per heavy atom. The van der Waals surface area contributed by atoms with Gasteiger partial charge in [0.05, 0.1) is 0 Å². The van der Waals surface area contributed by atoms with Crippen molar-refractivity contribution in [3.8, 4) is 11.1 Å². The summed E-state index contributed by atoms with van der Waals surface area (Å²) in [7, 11) is 0. The highest BCUT2D eigenvalue weighted by Crippen LogP contribution is 2.32. The minimum Gasteiger partial charge on any atom is -0.361 e. The molecule has 8 heteroatoms. The van der Waals surface area contributed by atoms with E-state index in [1.54, 1.807) is 0 Å². The normalized spacial score (nSPS) is 18.1. The Labute approximate surface area is 219 Å². The van der Waals surface area contributed by atoms with E-state index in [-0.39, 0.29) is 17.9 Å². The lowest BCUT2D eigenvalue weighted by atomic mass is 9.99. The summed E-state index contributed by atoms with van der Waals surface area (Å²) in [5.74, 6) is 5.54. The second-order valence-electron chi connectivity index (χ2n) is 9.90. The first-order chi connectivity index (χ1) is 17.9. The fourth-order valence-corrected chi connectivity index (χ4v) is 5.05. The monoisotopic (exact) mass is 502 g/mol. The first-order valence-electron chi connectivity index (χ1n) is 13.4. The molecular formula is C29H38N6O2. The van der Waals surface area contributed by atoms with E-state index in [2.05, 4.69) is 36.4 Å². The maximum Gasteiger partial charge on any atom is 0.253 e. The van der Waals surface area contributed by atoms with E-state index < -0.39 is 6.17 Å². The average Bonchev–Trinajstić information content (AvgIpc) is 3.39. The highest BCUT2D eigenvalue weighted by Gasteiger charge is 2.27. The van der Waals surface area contributed by atoms with Crippen LogP contribution in [0.5, 0.6) is 0 Å². The summed E-state index contributed by atoms with van der Waals surface area (Å²) < 4.78 is 0. The third-order valence-electron chi connectivity index (χ3n) is 7.31. The number of carbonyl (C=O) groups is 2. The van der Waals surface area contributed by atoms with Gasteiger partial charge >= 0.3 is 0 Å². The number of hydrogen-bond acceptors (Lipinski definition) is 5. The van der Waals surface area contributed by atoms with Crippen LogP contribution in [-0.4, -0.2) is 53.5 Å². The molecule has 3 N–H and O–H groups in total. The Kier molecular flexibility index (Phi) is 8.58. The van der Waals surface area contributed by atoms with Gasteiger partial charge < -0.3 is 21.0 Å². The van der Waals surface area contributed by atoms with Crippen LogP contribution in [0, 0.1) is 0 Å². The summed E-state index contributed by atoms with van der Waals surface area (Å²) in [6, 6.07) is 14.0. The van der Waals surface area contributed by atoms with Crippen LogP contribution >= 0.6 is 0 Å². The van der Waals surface area contributed by atoms with Crippen LogP contribution < -0.4 is 11.2 Å². The second kappa shape index (κ2) is 12.0. The molecule has 1 fully saturated rings. The Hall–Kier alpha value is -3.68. The molecule has 2 aliphatic rings. The average molecular weight is 503 g/mol. The Morgan fingerprint density at radius 1 is 1.11 bits per heavy atom. The van der Waals surface area contributed by atoms with Crippen LogP contribution in [0.25, 0.3) is 17.2 Å². The van der Waals surface area contributed by atoms with Crippen LogP contribution in [0.3, 0.4) is 0 Å². The van der Waals surface area contributed by atoms with Gasteiger partial charge in [-0.15, -0.1) is 5.11 Å². The fraction of sp³-hybridized carbons (Fsp3) is 0.448. The van der Waals surface area contributed by atoms with Crippen LogP contribution in [0.15, 0.2) is 58.4 Å². The van der Waals surface area contributed by atoms with Gasteiger partial charge in [0.2, 0.25) is 5.91 Å². The molecule has 0 radical (unpaired) electrons. The maximum absolute atomic E-state index is 13.6. The predicted molar refractivity (Wildman–Crippen MR) is 148 cm³/mol. The Balaban J connectivity index is 1.62. The zero-order chi connectivity index (χ0) is 26.4. The van der Waals surface area contributed by atoms with Gasteiger partial charge in [-0.05, 0) is 73.6 Å². The van der Waals surface area contributed by atoms with E-state index in [9.17, 15) is 9.59 Å². The standard InChI is InChI=1S/C29H38N6O2/c1-4-14-35(20(3)5-2)29(37)25-17-24-13-12-23(18-26(24)31-27(19-25)32-33-30)21-8-10-22(11-9-21)28(36)34-15-6-7-16-34/h8-13,17-18,20,27,31H,4-7,14-16,19H2,1-3H3,(H2,30,32). The number of carbonyl (C=O) groups excluding carboxylic acids is 2. The van der Waals surface area contributed by atoms with Gasteiger partial charge in [-0.3, -0.25) is 9.59 Å². The lowest BCUT2D eigenvalue weighted by Gasteiger charge is -2.29. The number of rotatable bonds is 8. The third-order valence-corrected chi connectivity index (χ3v) is 7.31. The SMILES string of the molecule is CCCN(C(=O)C1=Cc2ccc(-c3ccc(C(=O)N4CCCC4)cc3)cc2NC(N=NN)C1)C(C)CC. The lowest BCUT2D eigenvalue weighted by molar-refractivity contribution is -0.129. The van der Waals surface area contributed by atoms with Crippen molar-refractivity contribution < 1.29 is 9.59 Å². The molecule has 8 nitrogen and oxygen atoms in total. The van der Waals surface area contributed by atoms with Gasteiger partial charge in [-0.1, -0.05) is 43.3 Å². The van der Waals surface area contributed by atoms with Crippen molar-refractivity contribution in [3.63, 3.8) is 0 Å². The number of nitrogens with zero attached hydrogens (tertiary/aromatic N) is 4. The smallest absolute Gasteiger partial charge is 0.253 e. The summed E-state index contributed by atoms with van der Waals surface area (Å²) in [5.41, 5.74) is 5.20. The highest BCUT2D eigenvalue weighted by molar-refractivity contribution is 6.00. The van der Waals surface area contributed by atoms with E-state index in [1.807, 2.05) is 58.3 Å². The zero-order valence-corrected chi connectivity index (χ0v) is 22.1. The van der Waals surface area contributed by atoms with Crippen molar-refractivity contribution in [2.24, 2.45) is 16.2 Å². The summed E-state index contributed by atoms with van der Waals surface area (Å²) >= 11 is 0. The largest absolute Gasteiger partial charge is 0.361 e. The number of fused-ring (bicyclic) bond motifs is 1. The van der Waals surface area contributed by atoms with E-state index >= 15 is 0 Å². The zero-order valence-electron chi connectivity index (χ0n) is 22.1. The van der Waals surface area contributed by atoms with E-state index in [0.29, 0.717) is 24.1 Å². The first-order valence-corrected chi connectivity index (χ1v) is 13.4. The molecule has 2 heterocycles. The molecule has 0 spiro atoms. The van der Waals surface area contributed by atoms with Crippen molar-refractivity contribution in [2.45, 2.75) is 65.1 Å². The Bertz CT molecular complexity index is 1170. The molecule has 0 saturated carbocycles. The van der Waals surface area contributed by atoms with Gasteiger partial charge in [0.1, 0.15) is 6.17 Å². The predicted octanol–water partition coefficient (Wildman–Crippen LogP) is 5.48. The molecule has 2 unspecified atom stereocenters. The second-order valence-corrected chi connectivity index (χ2v) is 9.90. The molecule has 2 aromatic rings. The quantitative estimate of drug-likeness (QED) is 0.283. The number of hydrogen-bond donors (Lipinski definition) is 2. The van der Waals surface area contributed by atoms with E-state index in [0.717, 1.165) is 61.2 Å². The molecule has 2 amide bonds. The molecule has 0 bridgehead atoms. The minimum atomic E-state index is -0.447. The van der Waals surface area contributed by atoms with Crippen molar-refractivity contribution >= 4 is 23.6 Å². The van der Waals surface area contributed by atoms with Crippen LogP contribution in [0.2, 0.25) is 0 Å². The molecule has 37 heavy (non-hydrogen) atoms. The minimum absolute atomic E-state index is 0.0328. The molecule has 0 aromatic heterocycles. The van der Waals surface area contributed by atoms with Gasteiger partial charge in [0.15, 0.2) is 0 Å². The number of anilines is 1. The first kappa shape index (κ1) is 26.4. The molecular weight excluding hydrogens is 464 g/mol. The van der Waals surface area contributed by atoms with Crippen LogP contribution in [0.1, 0.15) is 68.8 Å². The molecule has 2 atom stereocenters. The van der Waals surface area contributed by atoms with Gasteiger partial charge in [0.25, 0.3) is 5.91 Å². The summed E-state index contributed by atoms with van der Waals surface area (Å²) in [6.45, 7) is 8.66.